The summed E-state index contributed by atoms with van der Waals surface area (Å²) in [7, 11) is -1.97. The molecule has 0 bridgehead atoms. The molecule has 0 amide bonds. The van der Waals surface area contributed by atoms with E-state index in [0.717, 1.165) is 0 Å². The number of rotatable bonds is 5. The van der Waals surface area contributed by atoms with Crippen molar-refractivity contribution in [1.29, 1.82) is 0 Å². The van der Waals surface area contributed by atoms with Crippen molar-refractivity contribution in [1.82, 2.24) is 4.31 Å². The highest BCUT2D eigenvalue weighted by Gasteiger charge is 2.44. The summed E-state index contributed by atoms with van der Waals surface area (Å²) in [5.74, 6) is -1.54. The topological polar surface area (TPSA) is 74.7 Å². The molecular formula is C12H23NO4S. The normalized spacial score (nSPS) is 26.8. The number of hydrogen-bond acceptors (Lipinski definition) is 3. The van der Waals surface area contributed by atoms with Gasteiger partial charge in [-0.15, -0.1) is 0 Å². The molecule has 0 heterocycles. The van der Waals surface area contributed by atoms with Crippen molar-refractivity contribution < 1.29 is 18.3 Å². The van der Waals surface area contributed by atoms with Crippen molar-refractivity contribution in [3.63, 3.8) is 0 Å². The van der Waals surface area contributed by atoms with E-state index in [-0.39, 0.29) is 12.0 Å². The molecule has 0 aromatic rings. The SMILES string of the molecule is CC(C)C(C)N(C)S(=O)(=O)C1CCCC1C(=O)O. The van der Waals surface area contributed by atoms with Crippen LogP contribution in [-0.2, 0) is 14.8 Å². The second kappa shape index (κ2) is 5.57. The van der Waals surface area contributed by atoms with Crippen molar-refractivity contribution in [3.05, 3.63) is 0 Å². The number of sulfonamides is 1. The van der Waals surface area contributed by atoms with Gasteiger partial charge in [-0.3, -0.25) is 4.79 Å². The standard InChI is InChI=1S/C12H23NO4S/c1-8(2)9(3)13(4)18(16,17)11-7-5-6-10(11)12(14)15/h8-11H,5-7H2,1-4H3,(H,14,15). The highest BCUT2D eigenvalue weighted by molar-refractivity contribution is 7.89. The minimum atomic E-state index is -3.52. The number of carboxylic acid groups (broad SMARTS) is 1. The van der Waals surface area contributed by atoms with Gasteiger partial charge >= 0.3 is 5.97 Å². The van der Waals surface area contributed by atoms with Crippen LogP contribution in [0.5, 0.6) is 0 Å². The monoisotopic (exact) mass is 277 g/mol. The molecule has 0 saturated heterocycles. The lowest BCUT2D eigenvalue weighted by Crippen LogP contribution is -2.45. The second-order valence-electron chi connectivity index (χ2n) is 5.46. The van der Waals surface area contributed by atoms with Gasteiger partial charge in [0.2, 0.25) is 10.0 Å². The van der Waals surface area contributed by atoms with Crippen LogP contribution in [0.2, 0.25) is 0 Å². The molecule has 5 nitrogen and oxygen atoms in total. The van der Waals surface area contributed by atoms with Gasteiger partial charge in [-0.05, 0) is 25.7 Å². The lowest BCUT2D eigenvalue weighted by molar-refractivity contribution is -0.141. The quantitative estimate of drug-likeness (QED) is 0.827. The van der Waals surface area contributed by atoms with E-state index in [1.807, 2.05) is 20.8 Å². The molecule has 1 rings (SSSR count). The molecule has 0 aromatic carbocycles. The van der Waals surface area contributed by atoms with E-state index in [1.54, 1.807) is 7.05 Å². The number of carbonyl (C=O) groups is 1. The Hall–Kier alpha value is -0.620. The summed E-state index contributed by atoms with van der Waals surface area (Å²) in [4.78, 5) is 11.1. The third-order valence-corrected chi connectivity index (χ3v) is 6.56. The predicted molar refractivity (Wildman–Crippen MR) is 69.7 cm³/mol. The van der Waals surface area contributed by atoms with Crippen LogP contribution in [0.4, 0.5) is 0 Å². The maximum absolute atomic E-state index is 12.5. The lowest BCUT2D eigenvalue weighted by Gasteiger charge is -2.30. The molecule has 1 saturated carbocycles. The Morgan fingerprint density at radius 2 is 1.83 bits per heavy atom. The first kappa shape index (κ1) is 15.4. The average Bonchev–Trinajstić information content (AvgIpc) is 2.76. The Morgan fingerprint density at radius 1 is 1.28 bits per heavy atom. The average molecular weight is 277 g/mol. The zero-order valence-electron chi connectivity index (χ0n) is 11.5. The van der Waals surface area contributed by atoms with Gasteiger partial charge in [0.05, 0.1) is 11.2 Å². The summed E-state index contributed by atoms with van der Waals surface area (Å²) in [6, 6.07) is -0.120. The van der Waals surface area contributed by atoms with Crippen LogP contribution in [0.3, 0.4) is 0 Å². The van der Waals surface area contributed by atoms with E-state index in [1.165, 1.54) is 4.31 Å². The van der Waals surface area contributed by atoms with Gasteiger partial charge in [0.15, 0.2) is 0 Å². The molecule has 18 heavy (non-hydrogen) atoms. The van der Waals surface area contributed by atoms with Gasteiger partial charge in [0.25, 0.3) is 0 Å². The Labute approximate surface area is 109 Å². The van der Waals surface area contributed by atoms with Crippen LogP contribution < -0.4 is 0 Å². The van der Waals surface area contributed by atoms with Crippen molar-refractivity contribution >= 4 is 16.0 Å². The van der Waals surface area contributed by atoms with E-state index in [9.17, 15) is 13.2 Å². The molecule has 1 aliphatic carbocycles. The first-order chi connectivity index (χ1) is 8.19. The van der Waals surface area contributed by atoms with Gasteiger partial charge in [0.1, 0.15) is 0 Å². The fourth-order valence-electron chi connectivity index (χ4n) is 2.43. The molecule has 1 fully saturated rings. The largest absolute Gasteiger partial charge is 0.481 e. The molecule has 1 aliphatic rings. The van der Waals surface area contributed by atoms with E-state index in [2.05, 4.69) is 0 Å². The van der Waals surface area contributed by atoms with Gasteiger partial charge in [-0.1, -0.05) is 20.3 Å². The van der Waals surface area contributed by atoms with Gasteiger partial charge in [0, 0.05) is 13.1 Å². The maximum atomic E-state index is 12.5. The number of aliphatic carboxylic acids is 1. The lowest BCUT2D eigenvalue weighted by atomic mass is 10.1. The number of carboxylic acids is 1. The summed E-state index contributed by atoms with van der Waals surface area (Å²) in [5, 5.41) is 8.33. The Bertz CT molecular complexity index is 404. The van der Waals surface area contributed by atoms with E-state index >= 15 is 0 Å². The molecule has 3 unspecified atom stereocenters. The van der Waals surface area contributed by atoms with Gasteiger partial charge in [-0.2, -0.15) is 0 Å². The Kier molecular flexibility index (Phi) is 4.78. The summed E-state index contributed by atoms with van der Waals surface area (Å²) in [5.41, 5.74) is 0. The third-order valence-electron chi connectivity index (χ3n) is 4.09. The van der Waals surface area contributed by atoms with Crippen molar-refractivity contribution in [2.45, 2.75) is 51.3 Å². The summed E-state index contributed by atoms with van der Waals surface area (Å²) in [6.07, 6.45) is 1.59. The van der Waals surface area contributed by atoms with Crippen molar-refractivity contribution in [2.24, 2.45) is 11.8 Å². The number of nitrogens with zero attached hydrogens (tertiary/aromatic N) is 1. The van der Waals surface area contributed by atoms with Crippen LogP contribution >= 0.6 is 0 Å². The smallest absolute Gasteiger partial charge is 0.307 e. The maximum Gasteiger partial charge on any atom is 0.307 e. The predicted octanol–water partition coefficient (Wildman–Crippen LogP) is 1.55. The molecule has 1 N–H and O–H groups in total. The summed E-state index contributed by atoms with van der Waals surface area (Å²) >= 11 is 0. The second-order valence-corrected chi connectivity index (χ2v) is 7.67. The Balaban J connectivity index is 2.96. The first-order valence-electron chi connectivity index (χ1n) is 6.39. The fraction of sp³-hybridized carbons (Fsp3) is 0.917. The molecule has 0 aliphatic heterocycles. The van der Waals surface area contributed by atoms with Crippen molar-refractivity contribution in [2.75, 3.05) is 7.05 Å². The fourth-order valence-corrected chi connectivity index (χ4v) is 4.70. The van der Waals surface area contributed by atoms with Crippen LogP contribution in [0.15, 0.2) is 0 Å². The molecule has 3 atom stereocenters. The Morgan fingerprint density at radius 3 is 2.28 bits per heavy atom. The summed E-state index contributed by atoms with van der Waals surface area (Å²) < 4.78 is 26.3. The minimum Gasteiger partial charge on any atom is -0.481 e. The molecule has 106 valence electrons. The highest BCUT2D eigenvalue weighted by Crippen LogP contribution is 2.33. The molecule has 0 aromatic heterocycles. The molecule has 0 radical (unpaired) electrons. The molecule has 6 heteroatoms. The van der Waals surface area contributed by atoms with Crippen LogP contribution in [-0.4, -0.2) is 42.1 Å². The van der Waals surface area contributed by atoms with Crippen LogP contribution in [0.1, 0.15) is 40.0 Å². The van der Waals surface area contributed by atoms with E-state index < -0.39 is 27.2 Å². The van der Waals surface area contributed by atoms with Gasteiger partial charge < -0.3 is 5.11 Å². The number of hydrogen-bond donors (Lipinski definition) is 1. The first-order valence-corrected chi connectivity index (χ1v) is 7.89. The van der Waals surface area contributed by atoms with Gasteiger partial charge in [-0.25, -0.2) is 12.7 Å². The van der Waals surface area contributed by atoms with E-state index in [4.69, 9.17) is 5.11 Å². The molecular weight excluding hydrogens is 254 g/mol. The van der Waals surface area contributed by atoms with Crippen LogP contribution in [0.25, 0.3) is 0 Å². The molecule has 0 spiro atoms. The zero-order valence-corrected chi connectivity index (χ0v) is 12.3. The third kappa shape index (κ3) is 2.85. The van der Waals surface area contributed by atoms with Crippen LogP contribution in [0, 0.1) is 11.8 Å². The zero-order chi connectivity index (χ0) is 14.1. The summed E-state index contributed by atoms with van der Waals surface area (Å²) in [6.45, 7) is 5.77. The van der Waals surface area contributed by atoms with E-state index in [0.29, 0.717) is 19.3 Å². The van der Waals surface area contributed by atoms with Crippen molar-refractivity contribution in [3.8, 4) is 0 Å². The minimum absolute atomic E-state index is 0.120. The highest BCUT2D eigenvalue weighted by atomic mass is 32.2.